The van der Waals surface area contributed by atoms with E-state index in [9.17, 15) is 14.4 Å². The number of ether oxygens (including phenoxy) is 1. The Morgan fingerprint density at radius 2 is 1.81 bits per heavy atom. The van der Waals surface area contributed by atoms with Crippen LogP contribution >= 0.6 is 27.5 Å². The normalized spacial score (nSPS) is 11.4. The molecular weight excluding hydrogens is 436 g/mol. The van der Waals surface area contributed by atoms with E-state index < -0.39 is 17.9 Å². The van der Waals surface area contributed by atoms with Gasteiger partial charge in [0, 0.05) is 34.1 Å². The monoisotopic (exact) mass is 452 g/mol. The summed E-state index contributed by atoms with van der Waals surface area (Å²) < 4.78 is 5.58. The van der Waals surface area contributed by atoms with Crippen molar-refractivity contribution in [2.24, 2.45) is 0 Å². The number of benzene rings is 2. The minimum Gasteiger partial charge on any atom is -0.467 e. The number of nitrogens with one attached hydrogen (secondary N) is 2. The molecule has 0 aromatic heterocycles. The minimum atomic E-state index is -0.882. The molecule has 2 rings (SSSR count). The molecule has 8 heteroatoms. The van der Waals surface area contributed by atoms with Crippen LogP contribution in [0.3, 0.4) is 0 Å². The molecule has 0 unspecified atom stereocenters. The van der Waals surface area contributed by atoms with Gasteiger partial charge >= 0.3 is 5.97 Å². The average Bonchev–Trinajstić information content (AvgIpc) is 2.63. The van der Waals surface area contributed by atoms with Gasteiger partial charge in [-0.3, -0.25) is 9.59 Å². The summed E-state index contributed by atoms with van der Waals surface area (Å²) in [5.41, 5.74) is 1.69. The van der Waals surface area contributed by atoms with Crippen molar-refractivity contribution in [3.63, 3.8) is 0 Å². The standard InChI is InChI=1S/C19H18BrClN2O4/c1-11(24)22-15-6-3-12(4-7-15)18(25)23-17(19(26)27-2)10-13-9-14(21)5-8-16(13)20/h3-9,17H,10H2,1-2H3,(H,22,24)(H,23,25)/t17-/m1/s1. The van der Waals surface area contributed by atoms with Crippen LogP contribution < -0.4 is 10.6 Å². The van der Waals surface area contributed by atoms with E-state index in [2.05, 4.69) is 26.6 Å². The maximum absolute atomic E-state index is 12.5. The Morgan fingerprint density at radius 3 is 2.41 bits per heavy atom. The first-order chi connectivity index (χ1) is 12.8. The molecule has 142 valence electrons. The van der Waals surface area contributed by atoms with Crippen molar-refractivity contribution < 1.29 is 19.1 Å². The van der Waals surface area contributed by atoms with Crippen molar-refractivity contribution in [2.75, 3.05) is 12.4 Å². The largest absolute Gasteiger partial charge is 0.467 e. The maximum Gasteiger partial charge on any atom is 0.328 e. The molecule has 0 saturated carbocycles. The van der Waals surface area contributed by atoms with Gasteiger partial charge in [-0.05, 0) is 48.0 Å². The minimum absolute atomic E-state index is 0.204. The van der Waals surface area contributed by atoms with Crippen LogP contribution in [0.15, 0.2) is 46.9 Å². The number of hydrogen-bond donors (Lipinski definition) is 2. The first-order valence-electron chi connectivity index (χ1n) is 8.00. The van der Waals surface area contributed by atoms with Crippen LogP contribution in [0, 0.1) is 0 Å². The highest BCUT2D eigenvalue weighted by Crippen LogP contribution is 2.23. The fraction of sp³-hybridized carbons (Fsp3) is 0.211. The van der Waals surface area contributed by atoms with Crippen molar-refractivity contribution in [1.82, 2.24) is 5.32 Å². The summed E-state index contributed by atoms with van der Waals surface area (Å²) in [5.74, 6) is -1.20. The summed E-state index contributed by atoms with van der Waals surface area (Å²) in [4.78, 5) is 35.7. The lowest BCUT2D eigenvalue weighted by atomic mass is 10.1. The summed E-state index contributed by atoms with van der Waals surface area (Å²) in [5, 5.41) is 5.82. The Labute approximate surface area is 170 Å². The molecule has 2 aromatic rings. The quantitative estimate of drug-likeness (QED) is 0.655. The van der Waals surface area contributed by atoms with Crippen molar-refractivity contribution in [2.45, 2.75) is 19.4 Å². The van der Waals surface area contributed by atoms with Gasteiger partial charge < -0.3 is 15.4 Å². The molecule has 1 atom stereocenters. The predicted octanol–water partition coefficient (Wildman–Crippen LogP) is 3.58. The van der Waals surface area contributed by atoms with Gasteiger partial charge in [0.15, 0.2) is 0 Å². The lowest BCUT2D eigenvalue weighted by Crippen LogP contribution is -2.43. The fourth-order valence-corrected chi connectivity index (χ4v) is 3.01. The van der Waals surface area contributed by atoms with E-state index in [4.69, 9.17) is 16.3 Å². The molecule has 6 nitrogen and oxygen atoms in total. The average molecular weight is 454 g/mol. The molecule has 0 spiro atoms. The first kappa shape index (κ1) is 20.9. The van der Waals surface area contributed by atoms with E-state index in [0.717, 1.165) is 10.0 Å². The van der Waals surface area contributed by atoms with E-state index >= 15 is 0 Å². The van der Waals surface area contributed by atoms with Crippen molar-refractivity contribution in [3.05, 3.63) is 63.1 Å². The smallest absolute Gasteiger partial charge is 0.328 e. The highest BCUT2D eigenvalue weighted by Gasteiger charge is 2.23. The number of halogens is 2. The second-order valence-electron chi connectivity index (χ2n) is 5.75. The second-order valence-corrected chi connectivity index (χ2v) is 7.04. The molecule has 0 saturated heterocycles. The zero-order chi connectivity index (χ0) is 20.0. The van der Waals surface area contributed by atoms with Crippen LogP contribution in [0.2, 0.25) is 5.02 Å². The van der Waals surface area contributed by atoms with Crippen LogP contribution in [-0.2, 0) is 20.7 Å². The van der Waals surface area contributed by atoms with Crippen molar-refractivity contribution in [3.8, 4) is 0 Å². The Morgan fingerprint density at radius 1 is 1.15 bits per heavy atom. The zero-order valence-corrected chi connectivity index (χ0v) is 17.1. The molecule has 2 N–H and O–H groups in total. The highest BCUT2D eigenvalue weighted by atomic mass is 79.9. The van der Waals surface area contributed by atoms with Gasteiger partial charge in [0.05, 0.1) is 7.11 Å². The number of carbonyl (C=O) groups excluding carboxylic acids is 3. The number of amides is 2. The van der Waals surface area contributed by atoms with E-state index in [1.54, 1.807) is 42.5 Å². The Kier molecular flexibility index (Phi) is 7.38. The molecular formula is C19H18BrClN2O4. The number of anilines is 1. The van der Waals surface area contributed by atoms with Gasteiger partial charge in [-0.25, -0.2) is 4.79 Å². The summed E-state index contributed by atoms with van der Waals surface area (Å²) >= 11 is 9.42. The number of carbonyl (C=O) groups is 3. The first-order valence-corrected chi connectivity index (χ1v) is 9.17. The third kappa shape index (κ3) is 6.08. The van der Waals surface area contributed by atoms with Crippen LogP contribution in [0.25, 0.3) is 0 Å². The summed E-state index contributed by atoms with van der Waals surface area (Å²) in [6.07, 6.45) is 0.212. The third-order valence-electron chi connectivity index (χ3n) is 3.69. The number of rotatable bonds is 6. The van der Waals surface area contributed by atoms with Gasteiger partial charge in [0.1, 0.15) is 6.04 Å². The van der Waals surface area contributed by atoms with Gasteiger partial charge in [0.25, 0.3) is 5.91 Å². The lowest BCUT2D eigenvalue weighted by molar-refractivity contribution is -0.142. The van der Waals surface area contributed by atoms with Crippen LogP contribution in [0.1, 0.15) is 22.8 Å². The molecule has 2 aromatic carbocycles. The predicted molar refractivity (Wildman–Crippen MR) is 107 cm³/mol. The summed E-state index contributed by atoms with van der Waals surface area (Å²) in [6.45, 7) is 1.40. The van der Waals surface area contributed by atoms with E-state index in [0.29, 0.717) is 16.3 Å². The zero-order valence-electron chi connectivity index (χ0n) is 14.7. The maximum atomic E-state index is 12.5. The summed E-state index contributed by atoms with van der Waals surface area (Å²) in [6, 6.07) is 10.7. The van der Waals surface area contributed by atoms with E-state index in [1.165, 1.54) is 14.0 Å². The molecule has 0 radical (unpaired) electrons. The van der Waals surface area contributed by atoms with E-state index in [1.807, 2.05) is 0 Å². The Bertz CT molecular complexity index is 855. The van der Waals surface area contributed by atoms with Gasteiger partial charge in [-0.15, -0.1) is 0 Å². The van der Waals surface area contributed by atoms with Crippen molar-refractivity contribution >= 4 is 51.0 Å². The number of hydrogen-bond acceptors (Lipinski definition) is 4. The number of esters is 1. The highest BCUT2D eigenvalue weighted by molar-refractivity contribution is 9.10. The molecule has 0 aliphatic heterocycles. The van der Waals surface area contributed by atoms with Gasteiger partial charge in [-0.2, -0.15) is 0 Å². The van der Waals surface area contributed by atoms with Gasteiger partial charge in [-0.1, -0.05) is 27.5 Å². The van der Waals surface area contributed by atoms with Gasteiger partial charge in [0.2, 0.25) is 5.91 Å². The Balaban J connectivity index is 2.15. The topological polar surface area (TPSA) is 84.5 Å². The molecule has 0 bridgehead atoms. The summed E-state index contributed by atoms with van der Waals surface area (Å²) in [7, 11) is 1.26. The van der Waals surface area contributed by atoms with E-state index in [-0.39, 0.29) is 12.3 Å². The molecule has 0 heterocycles. The Hall–Kier alpha value is -2.38. The van der Waals surface area contributed by atoms with Crippen LogP contribution in [0.4, 0.5) is 5.69 Å². The molecule has 0 aliphatic rings. The molecule has 0 aliphatic carbocycles. The third-order valence-corrected chi connectivity index (χ3v) is 4.70. The SMILES string of the molecule is COC(=O)[C@@H](Cc1cc(Cl)ccc1Br)NC(=O)c1ccc(NC(C)=O)cc1. The van der Waals surface area contributed by atoms with Crippen LogP contribution in [-0.4, -0.2) is 30.9 Å². The van der Waals surface area contributed by atoms with Crippen molar-refractivity contribution in [1.29, 1.82) is 0 Å². The fourth-order valence-electron chi connectivity index (χ4n) is 2.40. The lowest BCUT2D eigenvalue weighted by Gasteiger charge is -2.18. The molecule has 0 fully saturated rings. The molecule has 2 amide bonds. The second kappa shape index (κ2) is 9.53. The molecule has 27 heavy (non-hydrogen) atoms. The number of methoxy groups -OCH3 is 1. The van der Waals surface area contributed by atoms with Crippen LogP contribution in [0.5, 0.6) is 0 Å².